The van der Waals surface area contributed by atoms with Gasteiger partial charge in [-0.15, -0.1) is 0 Å². The molecule has 0 bridgehead atoms. The minimum absolute atomic E-state index is 0.0116. The molecular formula is C28H30F3N3O. The lowest BCUT2D eigenvalue weighted by Crippen LogP contribution is -2.42. The molecule has 0 saturated heterocycles. The van der Waals surface area contributed by atoms with E-state index in [4.69, 9.17) is 4.98 Å². The third-order valence-corrected chi connectivity index (χ3v) is 7.75. The van der Waals surface area contributed by atoms with Gasteiger partial charge in [-0.3, -0.25) is 14.3 Å². The summed E-state index contributed by atoms with van der Waals surface area (Å²) in [5.41, 5.74) is 2.86. The minimum atomic E-state index is -4.35. The van der Waals surface area contributed by atoms with Crippen LogP contribution in [0.5, 0.6) is 0 Å². The van der Waals surface area contributed by atoms with Crippen molar-refractivity contribution in [1.29, 1.82) is 0 Å². The summed E-state index contributed by atoms with van der Waals surface area (Å²) in [6, 6.07) is 15.4. The normalized spacial score (nSPS) is 18.5. The van der Waals surface area contributed by atoms with Gasteiger partial charge in [-0.1, -0.05) is 48.9 Å². The largest absolute Gasteiger partial charge is 0.416 e. The molecule has 1 unspecified atom stereocenters. The topological polar surface area (TPSA) is 38.1 Å². The monoisotopic (exact) mass is 481 g/mol. The highest BCUT2D eigenvalue weighted by Gasteiger charge is 2.34. The Bertz CT molecular complexity index is 1250. The molecule has 7 heteroatoms. The van der Waals surface area contributed by atoms with Crippen LogP contribution in [0.4, 0.5) is 13.2 Å². The second kappa shape index (κ2) is 9.26. The summed E-state index contributed by atoms with van der Waals surface area (Å²) in [5.74, 6) is 1.16. The molecule has 0 radical (unpaired) electrons. The van der Waals surface area contributed by atoms with Crippen LogP contribution in [-0.2, 0) is 19.1 Å². The van der Waals surface area contributed by atoms with Gasteiger partial charge in [0, 0.05) is 25.6 Å². The first-order chi connectivity index (χ1) is 16.7. The summed E-state index contributed by atoms with van der Waals surface area (Å²) < 4.78 is 40.8. The molecule has 184 valence electrons. The van der Waals surface area contributed by atoms with Crippen LogP contribution in [0.25, 0.3) is 0 Å². The van der Waals surface area contributed by atoms with Crippen LogP contribution in [0.2, 0.25) is 0 Å². The van der Waals surface area contributed by atoms with Crippen LogP contribution in [0, 0.1) is 12.8 Å². The quantitative estimate of drug-likeness (QED) is 0.443. The molecule has 2 aromatic carbocycles. The standard InChI is InChI=1S/C28H30F3N3O/c1-18(20-11-13-23(14-12-20)28(29,30)31)33-16-15-25-24(17-33)27(35)34(19(2)32-25)26(22-9-6-10-22)21-7-4-3-5-8-21/h3-5,7-8,11-14,18,22,26H,6,9-10,15-17H2,1-2H3/t18-,26?/m0/s1. The number of hydrogen-bond donors (Lipinski definition) is 0. The van der Waals surface area contributed by atoms with Gasteiger partial charge in [0.1, 0.15) is 5.82 Å². The summed E-state index contributed by atoms with van der Waals surface area (Å²) in [6.07, 6.45) is -0.329. The maximum Gasteiger partial charge on any atom is 0.416 e. The molecular weight excluding hydrogens is 451 g/mol. The van der Waals surface area contributed by atoms with E-state index >= 15 is 0 Å². The molecule has 3 aromatic rings. The molecule has 2 atom stereocenters. The average molecular weight is 482 g/mol. The Morgan fingerprint density at radius 2 is 1.69 bits per heavy atom. The van der Waals surface area contributed by atoms with E-state index in [1.165, 1.54) is 18.6 Å². The zero-order valence-corrected chi connectivity index (χ0v) is 20.1. The van der Waals surface area contributed by atoms with E-state index in [1.807, 2.05) is 36.6 Å². The van der Waals surface area contributed by atoms with Crippen LogP contribution in [0.3, 0.4) is 0 Å². The number of halogens is 3. The smallest absolute Gasteiger partial charge is 0.292 e. The van der Waals surface area contributed by atoms with Crippen LogP contribution < -0.4 is 5.56 Å². The van der Waals surface area contributed by atoms with Gasteiger partial charge < -0.3 is 0 Å². The Labute approximate surface area is 203 Å². The molecule has 0 N–H and O–H groups in total. The molecule has 4 nitrogen and oxygen atoms in total. The maximum atomic E-state index is 13.9. The summed E-state index contributed by atoms with van der Waals surface area (Å²) >= 11 is 0. The molecule has 1 aliphatic carbocycles. The van der Waals surface area contributed by atoms with Gasteiger partial charge >= 0.3 is 6.18 Å². The molecule has 1 aromatic heterocycles. The summed E-state index contributed by atoms with van der Waals surface area (Å²) in [5, 5.41) is 0. The number of fused-ring (bicyclic) bond motifs is 1. The van der Waals surface area contributed by atoms with Gasteiger partial charge in [0.15, 0.2) is 0 Å². The van der Waals surface area contributed by atoms with Crippen molar-refractivity contribution < 1.29 is 13.2 Å². The van der Waals surface area contributed by atoms with Gasteiger partial charge in [0.05, 0.1) is 22.9 Å². The molecule has 1 fully saturated rings. The maximum absolute atomic E-state index is 13.9. The van der Waals surface area contributed by atoms with Crippen molar-refractivity contribution in [2.24, 2.45) is 5.92 Å². The third kappa shape index (κ3) is 4.54. The fraction of sp³-hybridized carbons (Fsp3) is 0.429. The van der Waals surface area contributed by atoms with Crippen molar-refractivity contribution in [3.8, 4) is 0 Å². The highest BCUT2D eigenvalue weighted by Crippen LogP contribution is 2.40. The van der Waals surface area contributed by atoms with Crippen LogP contribution in [0.15, 0.2) is 59.4 Å². The molecule has 2 heterocycles. The Kier molecular flexibility index (Phi) is 6.30. The fourth-order valence-electron chi connectivity index (χ4n) is 5.49. The van der Waals surface area contributed by atoms with Gasteiger partial charge in [0.25, 0.3) is 5.56 Å². The number of hydrogen-bond acceptors (Lipinski definition) is 3. The first-order valence-electron chi connectivity index (χ1n) is 12.3. The number of benzene rings is 2. The van der Waals surface area contributed by atoms with E-state index < -0.39 is 11.7 Å². The fourth-order valence-corrected chi connectivity index (χ4v) is 5.49. The molecule has 5 rings (SSSR count). The van der Waals surface area contributed by atoms with E-state index in [0.29, 0.717) is 31.0 Å². The second-order valence-corrected chi connectivity index (χ2v) is 9.82. The number of alkyl halides is 3. The lowest BCUT2D eigenvalue weighted by Gasteiger charge is -2.38. The first-order valence-corrected chi connectivity index (χ1v) is 12.3. The number of aryl methyl sites for hydroxylation is 1. The van der Waals surface area contributed by atoms with Gasteiger partial charge in [-0.05, 0) is 55.9 Å². The van der Waals surface area contributed by atoms with E-state index in [0.717, 1.165) is 47.6 Å². The van der Waals surface area contributed by atoms with Crippen molar-refractivity contribution >= 4 is 0 Å². The Morgan fingerprint density at radius 3 is 2.29 bits per heavy atom. The summed E-state index contributed by atoms with van der Waals surface area (Å²) in [7, 11) is 0. The highest BCUT2D eigenvalue weighted by atomic mass is 19.4. The zero-order chi connectivity index (χ0) is 24.7. The number of aromatic nitrogens is 2. The molecule has 1 saturated carbocycles. The Balaban J connectivity index is 1.47. The predicted octanol–water partition coefficient (Wildman–Crippen LogP) is 6.08. The van der Waals surface area contributed by atoms with Gasteiger partial charge in [-0.25, -0.2) is 4.98 Å². The van der Waals surface area contributed by atoms with Crippen LogP contribution in [0.1, 0.15) is 72.0 Å². The van der Waals surface area contributed by atoms with Crippen molar-refractivity contribution in [3.05, 3.63) is 98.7 Å². The van der Waals surface area contributed by atoms with E-state index in [2.05, 4.69) is 17.0 Å². The highest BCUT2D eigenvalue weighted by molar-refractivity contribution is 5.29. The van der Waals surface area contributed by atoms with Gasteiger partial charge in [-0.2, -0.15) is 13.2 Å². The molecule has 0 amide bonds. The summed E-state index contributed by atoms with van der Waals surface area (Å²) in [6.45, 7) is 5.05. The number of nitrogens with zero attached hydrogens (tertiary/aromatic N) is 3. The van der Waals surface area contributed by atoms with Crippen molar-refractivity contribution in [2.45, 2.75) is 64.3 Å². The molecule has 0 spiro atoms. The van der Waals surface area contributed by atoms with Crippen molar-refractivity contribution in [1.82, 2.24) is 14.5 Å². The lowest BCUT2D eigenvalue weighted by molar-refractivity contribution is -0.137. The van der Waals surface area contributed by atoms with Crippen molar-refractivity contribution in [2.75, 3.05) is 6.54 Å². The number of rotatable bonds is 5. The third-order valence-electron chi connectivity index (χ3n) is 7.75. The van der Waals surface area contributed by atoms with Gasteiger partial charge in [0.2, 0.25) is 0 Å². The SMILES string of the molecule is Cc1nc2c(c(=O)n1C(c1ccccc1)C1CCC1)CN([C@@H](C)c1ccc(C(F)(F)F)cc1)CC2. The van der Waals surface area contributed by atoms with E-state index in [9.17, 15) is 18.0 Å². The lowest BCUT2D eigenvalue weighted by atomic mass is 9.77. The zero-order valence-electron chi connectivity index (χ0n) is 20.1. The Morgan fingerprint density at radius 1 is 1.00 bits per heavy atom. The van der Waals surface area contributed by atoms with Crippen LogP contribution >= 0.6 is 0 Å². The van der Waals surface area contributed by atoms with E-state index in [1.54, 1.807) is 0 Å². The second-order valence-electron chi connectivity index (χ2n) is 9.82. The molecule has 1 aliphatic heterocycles. The first kappa shape index (κ1) is 23.8. The minimum Gasteiger partial charge on any atom is -0.292 e. The molecule has 35 heavy (non-hydrogen) atoms. The molecule has 2 aliphatic rings. The summed E-state index contributed by atoms with van der Waals surface area (Å²) in [4.78, 5) is 21.0. The van der Waals surface area contributed by atoms with Crippen molar-refractivity contribution in [3.63, 3.8) is 0 Å². The Hall–Kier alpha value is -2.93. The van der Waals surface area contributed by atoms with E-state index in [-0.39, 0.29) is 17.6 Å². The predicted molar refractivity (Wildman–Crippen MR) is 129 cm³/mol. The van der Waals surface area contributed by atoms with Crippen LogP contribution in [-0.4, -0.2) is 21.0 Å². The average Bonchev–Trinajstić information content (AvgIpc) is 2.82.